The van der Waals surface area contributed by atoms with Gasteiger partial charge in [-0.2, -0.15) is 0 Å². The predicted octanol–water partition coefficient (Wildman–Crippen LogP) is 1.61. The van der Waals surface area contributed by atoms with Crippen molar-refractivity contribution >= 4 is 11.6 Å². The quantitative estimate of drug-likeness (QED) is 0.736. The lowest BCUT2D eigenvalue weighted by Crippen LogP contribution is -2.26. The van der Waals surface area contributed by atoms with Gasteiger partial charge in [-0.3, -0.25) is 4.79 Å². The standard InChI is InChI=1S/C10H8FNO2/c11-7-1-3-8(4-2-7)12-6-5-9(13)10(12)14/h1-5,13H,6H2. The predicted molar refractivity (Wildman–Crippen MR) is 49.5 cm³/mol. The van der Waals surface area contributed by atoms with Crippen molar-refractivity contribution in [2.75, 3.05) is 11.4 Å². The number of hydrogen-bond donors (Lipinski definition) is 1. The van der Waals surface area contributed by atoms with Gasteiger partial charge in [0.05, 0.1) is 0 Å². The van der Waals surface area contributed by atoms with E-state index in [1.54, 1.807) is 0 Å². The van der Waals surface area contributed by atoms with Crippen LogP contribution in [0.5, 0.6) is 0 Å². The molecule has 0 radical (unpaired) electrons. The van der Waals surface area contributed by atoms with Gasteiger partial charge in [-0.1, -0.05) is 0 Å². The normalized spacial score (nSPS) is 15.9. The van der Waals surface area contributed by atoms with Crippen molar-refractivity contribution in [2.24, 2.45) is 0 Å². The van der Waals surface area contributed by atoms with Gasteiger partial charge in [0, 0.05) is 12.2 Å². The Kier molecular flexibility index (Phi) is 1.96. The Hall–Kier alpha value is -1.84. The Bertz CT molecular complexity index is 397. The van der Waals surface area contributed by atoms with Gasteiger partial charge in [-0.25, -0.2) is 4.39 Å². The van der Waals surface area contributed by atoms with Gasteiger partial charge in [-0.15, -0.1) is 0 Å². The number of anilines is 1. The van der Waals surface area contributed by atoms with E-state index < -0.39 is 5.91 Å². The molecule has 0 fully saturated rings. The Balaban J connectivity index is 2.26. The van der Waals surface area contributed by atoms with E-state index in [4.69, 9.17) is 5.11 Å². The van der Waals surface area contributed by atoms with Crippen LogP contribution in [0.1, 0.15) is 0 Å². The van der Waals surface area contributed by atoms with Gasteiger partial charge in [0.2, 0.25) is 0 Å². The molecular weight excluding hydrogens is 185 g/mol. The average molecular weight is 193 g/mol. The highest BCUT2D eigenvalue weighted by Gasteiger charge is 2.24. The molecule has 0 saturated carbocycles. The summed E-state index contributed by atoms with van der Waals surface area (Å²) in [4.78, 5) is 12.7. The lowest BCUT2D eigenvalue weighted by atomic mass is 10.3. The molecule has 1 amide bonds. The largest absolute Gasteiger partial charge is 0.503 e. The lowest BCUT2D eigenvalue weighted by Gasteiger charge is -2.15. The molecule has 0 aromatic heterocycles. The minimum Gasteiger partial charge on any atom is -0.503 e. The Morgan fingerprint density at radius 1 is 1.29 bits per heavy atom. The number of nitrogens with zero attached hydrogens (tertiary/aromatic N) is 1. The van der Waals surface area contributed by atoms with Gasteiger partial charge >= 0.3 is 0 Å². The van der Waals surface area contributed by atoms with Crippen LogP contribution in [-0.2, 0) is 4.79 Å². The van der Waals surface area contributed by atoms with E-state index in [-0.39, 0.29) is 11.6 Å². The molecule has 1 N–H and O–H groups in total. The van der Waals surface area contributed by atoms with Crippen molar-refractivity contribution < 1.29 is 14.3 Å². The fraction of sp³-hybridized carbons (Fsp3) is 0.100. The molecule has 1 aliphatic heterocycles. The smallest absolute Gasteiger partial charge is 0.293 e. The van der Waals surface area contributed by atoms with Crippen LogP contribution in [0, 0.1) is 5.82 Å². The molecule has 14 heavy (non-hydrogen) atoms. The van der Waals surface area contributed by atoms with Gasteiger partial charge in [-0.05, 0) is 30.3 Å². The van der Waals surface area contributed by atoms with E-state index in [1.807, 2.05) is 0 Å². The zero-order valence-electron chi connectivity index (χ0n) is 7.27. The number of aliphatic hydroxyl groups excluding tert-OH is 1. The summed E-state index contributed by atoms with van der Waals surface area (Å²) in [6, 6.07) is 5.55. The molecule has 0 bridgehead atoms. The minimum absolute atomic E-state index is 0.255. The Morgan fingerprint density at radius 3 is 2.43 bits per heavy atom. The molecule has 0 spiro atoms. The second kappa shape index (κ2) is 3.14. The highest BCUT2D eigenvalue weighted by molar-refractivity contribution is 6.06. The molecule has 1 aliphatic rings. The van der Waals surface area contributed by atoms with E-state index in [0.29, 0.717) is 12.2 Å². The van der Waals surface area contributed by atoms with Crippen LogP contribution in [0.2, 0.25) is 0 Å². The zero-order chi connectivity index (χ0) is 10.1. The molecule has 0 aliphatic carbocycles. The number of hydrogen-bond acceptors (Lipinski definition) is 2. The molecule has 1 aromatic carbocycles. The van der Waals surface area contributed by atoms with Crippen LogP contribution < -0.4 is 4.90 Å². The summed E-state index contributed by atoms with van der Waals surface area (Å²) in [7, 11) is 0. The first kappa shape index (κ1) is 8.74. The van der Waals surface area contributed by atoms with Crippen molar-refractivity contribution in [3.63, 3.8) is 0 Å². The molecule has 0 saturated heterocycles. The second-order valence-electron chi connectivity index (χ2n) is 2.98. The second-order valence-corrected chi connectivity index (χ2v) is 2.98. The van der Waals surface area contributed by atoms with Crippen LogP contribution >= 0.6 is 0 Å². The molecular formula is C10H8FNO2. The van der Waals surface area contributed by atoms with Crippen molar-refractivity contribution in [2.45, 2.75) is 0 Å². The third-order valence-corrected chi connectivity index (χ3v) is 2.07. The third-order valence-electron chi connectivity index (χ3n) is 2.07. The first-order valence-electron chi connectivity index (χ1n) is 4.15. The summed E-state index contributed by atoms with van der Waals surface area (Å²) in [5.74, 6) is -1.05. The van der Waals surface area contributed by atoms with E-state index in [2.05, 4.69) is 0 Å². The molecule has 4 heteroatoms. The zero-order valence-corrected chi connectivity index (χ0v) is 7.27. The summed E-state index contributed by atoms with van der Waals surface area (Å²) < 4.78 is 12.6. The monoisotopic (exact) mass is 193 g/mol. The van der Waals surface area contributed by atoms with Gasteiger partial charge < -0.3 is 10.0 Å². The summed E-state index contributed by atoms with van der Waals surface area (Å²) in [5, 5.41) is 9.08. The van der Waals surface area contributed by atoms with Gasteiger partial charge in [0.25, 0.3) is 5.91 Å². The van der Waals surface area contributed by atoms with Crippen molar-refractivity contribution in [3.05, 3.63) is 41.9 Å². The SMILES string of the molecule is O=C1C(O)=CCN1c1ccc(F)cc1. The van der Waals surface area contributed by atoms with Crippen molar-refractivity contribution in [3.8, 4) is 0 Å². The number of carbonyl (C=O) groups is 1. The summed E-state index contributed by atoms with van der Waals surface area (Å²) in [6.45, 7) is 0.330. The number of benzene rings is 1. The number of amides is 1. The number of carbonyl (C=O) groups excluding carboxylic acids is 1. The minimum atomic E-state index is -0.448. The number of aliphatic hydroxyl groups is 1. The maximum atomic E-state index is 12.6. The number of rotatable bonds is 1. The highest BCUT2D eigenvalue weighted by atomic mass is 19.1. The molecule has 72 valence electrons. The number of halogens is 1. The van der Waals surface area contributed by atoms with Crippen LogP contribution in [0.4, 0.5) is 10.1 Å². The van der Waals surface area contributed by atoms with E-state index in [1.165, 1.54) is 35.2 Å². The van der Waals surface area contributed by atoms with E-state index in [0.717, 1.165) is 0 Å². The third kappa shape index (κ3) is 1.35. The van der Waals surface area contributed by atoms with Crippen LogP contribution in [0.3, 0.4) is 0 Å². The molecule has 1 aromatic rings. The summed E-state index contributed by atoms with van der Waals surface area (Å²) >= 11 is 0. The van der Waals surface area contributed by atoms with E-state index >= 15 is 0 Å². The maximum absolute atomic E-state index is 12.6. The maximum Gasteiger partial charge on any atom is 0.293 e. The molecule has 0 unspecified atom stereocenters. The topological polar surface area (TPSA) is 40.5 Å². The van der Waals surface area contributed by atoms with Crippen molar-refractivity contribution in [1.29, 1.82) is 0 Å². The molecule has 2 rings (SSSR count). The molecule has 0 atom stereocenters. The Labute approximate surface area is 80.1 Å². The Morgan fingerprint density at radius 2 is 1.93 bits per heavy atom. The van der Waals surface area contributed by atoms with Crippen LogP contribution in [-0.4, -0.2) is 17.6 Å². The van der Waals surface area contributed by atoms with Crippen molar-refractivity contribution in [1.82, 2.24) is 0 Å². The summed E-state index contributed by atoms with van der Waals surface area (Å²) in [6.07, 6.45) is 1.42. The first-order valence-corrected chi connectivity index (χ1v) is 4.15. The molecule has 3 nitrogen and oxygen atoms in total. The average Bonchev–Trinajstić information content (AvgIpc) is 2.50. The van der Waals surface area contributed by atoms with E-state index in [9.17, 15) is 9.18 Å². The van der Waals surface area contributed by atoms with Gasteiger partial charge in [0.1, 0.15) is 5.82 Å². The fourth-order valence-corrected chi connectivity index (χ4v) is 1.33. The van der Waals surface area contributed by atoms with Gasteiger partial charge in [0.15, 0.2) is 5.76 Å². The fourth-order valence-electron chi connectivity index (χ4n) is 1.33. The highest BCUT2D eigenvalue weighted by Crippen LogP contribution is 2.20. The van der Waals surface area contributed by atoms with Crippen LogP contribution in [0.25, 0.3) is 0 Å². The molecule has 1 heterocycles. The lowest BCUT2D eigenvalue weighted by molar-refractivity contribution is -0.116. The summed E-state index contributed by atoms with van der Waals surface area (Å²) in [5.41, 5.74) is 0.580. The van der Waals surface area contributed by atoms with Crippen LogP contribution in [0.15, 0.2) is 36.1 Å². The first-order chi connectivity index (χ1) is 6.68.